The molecule has 4 aromatic carbocycles. The molecular weight excluding hydrogens is 666 g/mol. The van der Waals surface area contributed by atoms with Gasteiger partial charge < -0.3 is 34.9 Å². The summed E-state index contributed by atoms with van der Waals surface area (Å²) in [5.74, 6) is -0.367. The van der Waals surface area contributed by atoms with Crippen LogP contribution in [0.15, 0.2) is 103 Å². The van der Waals surface area contributed by atoms with Crippen molar-refractivity contribution in [3.05, 3.63) is 131 Å². The number of benzene rings is 4. The molecule has 280 valence electrons. The van der Waals surface area contributed by atoms with Gasteiger partial charge in [0.2, 0.25) is 0 Å². The van der Waals surface area contributed by atoms with Crippen molar-refractivity contribution in [2.45, 2.75) is 83.1 Å². The van der Waals surface area contributed by atoms with Gasteiger partial charge in [-0.15, -0.1) is 0 Å². The summed E-state index contributed by atoms with van der Waals surface area (Å²) in [6, 6.07) is 32.6. The molecule has 9 nitrogen and oxygen atoms in total. The first kappa shape index (κ1) is 38.2. The first-order valence-electron chi connectivity index (χ1n) is 19.0. The van der Waals surface area contributed by atoms with E-state index in [0.717, 1.165) is 58.6 Å². The van der Waals surface area contributed by atoms with E-state index in [-0.39, 0.29) is 31.3 Å². The van der Waals surface area contributed by atoms with E-state index >= 15 is 0 Å². The van der Waals surface area contributed by atoms with Crippen LogP contribution in [-0.2, 0) is 38.6 Å². The fraction of sp³-hybridized carbons (Fsp3) is 0.409. The van der Waals surface area contributed by atoms with Gasteiger partial charge in [0.15, 0.2) is 6.29 Å². The van der Waals surface area contributed by atoms with E-state index in [9.17, 15) is 14.7 Å². The number of urea groups is 1. The summed E-state index contributed by atoms with van der Waals surface area (Å²) in [4.78, 5) is 28.0. The van der Waals surface area contributed by atoms with Crippen LogP contribution in [-0.4, -0.2) is 60.9 Å². The number of likely N-dealkylation sites (tertiary alicyclic amines) is 1. The molecule has 4 aromatic rings. The standard InChI is InChI=1S/C44H53N3O6/c1-31-40(29-47-25-11-4-3-5-12-26-47)52-43(53-41(31)35-19-17-33(30-48)18-20-35)36-23-21-34(22-24-36)38-16-10-9-15-37(38)28-45-44(50)46-39(42(49)51-2)27-32-13-7-6-8-14-32/h6-10,13-24,31,39-41,43,48H,3-5,11-12,25-30H2,1-2H3,(H2,45,46,50)/t31-,39+,40+,41+,43+/m1/s1. The smallest absolute Gasteiger partial charge is 0.328 e. The quantitative estimate of drug-likeness (QED) is 0.130. The number of amides is 2. The second kappa shape index (κ2) is 19.0. The molecule has 0 bridgehead atoms. The number of nitrogens with one attached hydrogen (secondary N) is 2. The fourth-order valence-corrected chi connectivity index (χ4v) is 7.42. The van der Waals surface area contributed by atoms with Crippen LogP contribution in [0.25, 0.3) is 11.1 Å². The molecule has 9 heteroatoms. The van der Waals surface area contributed by atoms with Crippen LogP contribution in [0.1, 0.15) is 79.2 Å². The van der Waals surface area contributed by atoms with Crippen molar-refractivity contribution in [2.24, 2.45) is 5.92 Å². The van der Waals surface area contributed by atoms with E-state index in [4.69, 9.17) is 14.2 Å². The minimum atomic E-state index is -0.814. The maximum absolute atomic E-state index is 13.0. The van der Waals surface area contributed by atoms with Crippen LogP contribution in [0.4, 0.5) is 4.79 Å². The van der Waals surface area contributed by atoms with Gasteiger partial charge in [-0.3, -0.25) is 0 Å². The molecule has 0 aromatic heterocycles. The van der Waals surface area contributed by atoms with Crippen LogP contribution < -0.4 is 10.6 Å². The lowest BCUT2D eigenvalue weighted by atomic mass is 9.89. The maximum Gasteiger partial charge on any atom is 0.328 e. The number of carbonyl (C=O) groups excluding carboxylic acids is 2. The Morgan fingerprint density at radius 2 is 1.47 bits per heavy atom. The minimum Gasteiger partial charge on any atom is -0.467 e. The number of aliphatic hydroxyl groups is 1. The molecular formula is C44H53N3O6. The van der Waals surface area contributed by atoms with Gasteiger partial charge in [0, 0.05) is 31.0 Å². The Hall–Kier alpha value is -4.54. The van der Waals surface area contributed by atoms with E-state index in [0.29, 0.717) is 6.42 Å². The first-order valence-corrected chi connectivity index (χ1v) is 19.0. The first-order chi connectivity index (χ1) is 25.9. The summed E-state index contributed by atoms with van der Waals surface area (Å²) in [6.07, 6.45) is 5.94. The maximum atomic E-state index is 13.0. The third kappa shape index (κ3) is 10.3. The number of methoxy groups -OCH3 is 1. The lowest BCUT2D eigenvalue weighted by molar-refractivity contribution is -0.276. The zero-order chi connectivity index (χ0) is 37.0. The third-order valence-electron chi connectivity index (χ3n) is 10.5. The molecule has 0 saturated carbocycles. The topological polar surface area (TPSA) is 109 Å². The minimum absolute atomic E-state index is 0.00797. The summed E-state index contributed by atoms with van der Waals surface area (Å²) in [5, 5.41) is 15.3. The van der Waals surface area contributed by atoms with Crippen LogP contribution >= 0.6 is 0 Å². The summed E-state index contributed by atoms with van der Waals surface area (Å²) in [6.45, 7) is 5.56. The Labute approximate surface area is 313 Å². The van der Waals surface area contributed by atoms with Crippen LogP contribution in [0.3, 0.4) is 0 Å². The second-order valence-corrected chi connectivity index (χ2v) is 14.3. The average Bonchev–Trinajstić information content (AvgIpc) is 3.19. The van der Waals surface area contributed by atoms with Gasteiger partial charge in [-0.05, 0) is 59.3 Å². The van der Waals surface area contributed by atoms with Crippen LogP contribution in [0.2, 0.25) is 0 Å². The molecule has 2 aliphatic heterocycles. The van der Waals surface area contributed by atoms with Gasteiger partial charge in [-0.2, -0.15) is 0 Å². The summed E-state index contributed by atoms with van der Waals surface area (Å²) < 4.78 is 18.5. The molecule has 2 amide bonds. The van der Waals surface area contributed by atoms with Crippen LogP contribution in [0, 0.1) is 5.92 Å². The fourth-order valence-electron chi connectivity index (χ4n) is 7.42. The lowest BCUT2D eigenvalue weighted by Gasteiger charge is -2.43. The van der Waals surface area contributed by atoms with Gasteiger partial charge in [0.1, 0.15) is 6.04 Å². The zero-order valence-electron chi connectivity index (χ0n) is 30.9. The molecule has 6 rings (SSSR count). The van der Waals surface area contributed by atoms with Crippen molar-refractivity contribution in [1.82, 2.24) is 15.5 Å². The third-order valence-corrected chi connectivity index (χ3v) is 10.5. The number of hydrogen-bond acceptors (Lipinski definition) is 7. The van der Waals surface area contributed by atoms with Gasteiger partial charge in [0.05, 0.1) is 25.9 Å². The Morgan fingerprint density at radius 3 is 2.17 bits per heavy atom. The van der Waals surface area contributed by atoms with E-state index in [1.165, 1.54) is 39.2 Å². The summed E-state index contributed by atoms with van der Waals surface area (Å²) in [7, 11) is 1.32. The molecule has 5 atom stereocenters. The Morgan fingerprint density at radius 1 is 0.811 bits per heavy atom. The molecule has 2 heterocycles. The Bertz CT molecular complexity index is 1740. The Kier molecular flexibility index (Phi) is 13.7. The molecule has 0 spiro atoms. The number of aliphatic hydroxyl groups excluding tert-OH is 1. The molecule has 2 fully saturated rings. The van der Waals surface area contributed by atoms with Crippen molar-refractivity contribution < 1.29 is 28.9 Å². The monoisotopic (exact) mass is 719 g/mol. The lowest BCUT2D eigenvalue weighted by Crippen LogP contribution is -2.47. The highest BCUT2D eigenvalue weighted by Crippen LogP contribution is 2.42. The van der Waals surface area contributed by atoms with E-state index in [1.807, 2.05) is 66.7 Å². The van der Waals surface area contributed by atoms with Crippen molar-refractivity contribution >= 4 is 12.0 Å². The molecule has 0 unspecified atom stereocenters. The Balaban J connectivity index is 1.15. The number of esters is 1. The molecule has 0 radical (unpaired) electrons. The summed E-state index contributed by atoms with van der Waals surface area (Å²) in [5.41, 5.74) is 6.75. The molecule has 53 heavy (non-hydrogen) atoms. The SMILES string of the molecule is COC(=O)[C@H](Cc1ccccc1)NC(=O)NCc1ccccc1-c1ccc([C@H]2O[C@@H](CN3CCCCCCC3)[C@@H](C)[C@@H](c3ccc(CO)cc3)O2)cc1. The van der Waals surface area contributed by atoms with E-state index < -0.39 is 24.3 Å². The number of ether oxygens (including phenoxy) is 3. The zero-order valence-corrected chi connectivity index (χ0v) is 30.9. The van der Waals surface area contributed by atoms with Crippen LogP contribution in [0.5, 0.6) is 0 Å². The molecule has 3 N–H and O–H groups in total. The van der Waals surface area contributed by atoms with E-state index in [2.05, 4.69) is 58.9 Å². The molecule has 2 aliphatic rings. The average molecular weight is 720 g/mol. The van der Waals surface area contributed by atoms with Gasteiger partial charge in [-0.1, -0.05) is 129 Å². The second-order valence-electron chi connectivity index (χ2n) is 14.3. The predicted octanol–water partition coefficient (Wildman–Crippen LogP) is 7.49. The summed E-state index contributed by atoms with van der Waals surface area (Å²) >= 11 is 0. The molecule has 0 aliphatic carbocycles. The largest absolute Gasteiger partial charge is 0.467 e. The van der Waals surface area contributed by atoms with Crippen molar-refractivity contribution in [2.75, 3.05) is 26.7 Å². The number of hydrogen-bond donors (Lipinski definition) is 3. The molecule has 2 saturated heterocycles. The highest BCUT2D eigenvalue weighted by atomic mass is 16.7. The van der Waals surface area contributed by atoms with Gasteiger partial charge in [0.25, 0.3) is 0 Å². The van der Waals surface area contributed by atoms with Crippen molar-refractivity contribution in [3.8, 4) is 11.1 Å². The highest BCUT2D eigenvalue weighted by molar-refractivity contribution is 5.84. The normalized spacial score (nSPS) is 21.5. The van der Waals surface area contributed by atoms with E-state index in [1.54, 1.807) is 0 Å². The predicted molar refractivity (Wildman–Crippen MR) is 206 cm³/mol. The van der Waals surface area contributed by atoms with Crippen molar-refractivity contribution in [3.63, 3.8) is 0 Å². The van der Waals surface area contributed by atoms with Crippen molar-refractivity contribution in [1.29, 1.82) is 0 Å². The highest BCUT2D eigenvalue weighted by Gasteiger charge is 2.39. The number of carbonyl (C=O) groups is 2. The van der Waals surface area contributed by atoms with Gasteiger partial charge in [-0.25, -0.2) is 9.59 Å². The number of nitrogens with zero attached hydrogens (tertiary/aromatic N) is 1. The number of rotatable bonds is 12. The van der Waals surface area contributed by atoms with Gasteiger partial charge >= 0.3 is 12.0 Å².